The van der Waals surface area contributed by atoms with Crippen molar-refractivity contribution in [3.8, 4) is 11.4 Å². The second-order valence-corrected chi connectivity index (χ2v) is 5.83. The Hall–Kier alpha value is -2.52. The van der Waals surface area contributed by atoms with E-state index in [-0.39, 0.29) is 5.69 Å². The number of halogens is 1. The van der Waals surface area contributed by atoms with Gasteiger partial charge in [0.2, 0.25) is 0 Å². The smallest absolute Gasteiger partial charge is 0.305 e. The molecule has 8 nitrogen and oxygen atoms in total. The summed E-state index contributed by atoms with van der Waals surface area (Å²) in [6, 6.07) is 7.25. The summed E-state index contributed by atoms with van der Waals surface area (Å²) in [6.45, 7) is 0. The number of nitrogens with zero attached hydrogens (tertiary/aromatic N) is 6. The molecule has 0 atom stereocenters. The minimum Gasteiger partial charge on any atom is -0.305 e. The van der Waals surface area contributed by atoms with Gasteiger partial charge in [-0.15, -0.1) is 10.2 Å². The average Bonchev–Trinajstić information content (AvgIpc) is 2.90. The van der Waals surface area contributed by atoms with Crippen LogP contribution in [0.4, 0.5) is 5.69 Å². The van der Waals surface area contributed by atoms with E-state index in [4.69, 9.17) is 11.6 Å². The maximum Gasteiger partial charge on any atom is 0.305 e. The van der Waals surface area contributed by atoms with Crippen LogP contribution in [0, 0.1) is 10.1 Å². The standard InChI is InChI=1S/C13H9ClN6O2S/c1-19-11(8-2-4-9(14)5-3-8)17-18-13(19)23-12-15-6-10(7-16-12)20(21)22/h2-7H,1H3. The highest BCUT2D eigenvalue weighted by atomic mass is 35.5. The van der Waals surface area contributed by atoms with E-state index in [1.165, 1.54) is 11.8 Å². The first-order chi connectivity index (χ1) is 11.0. The molecule has 3 rings (SSSR count). The molecule has 116 valence electrons. The zero-order chi connectivity index (χ0) is 16.4. The molecule has 0 bridgehead atoms. The number of nitro groups is 1. The van der Waals surface area contributed by atoms with Gasteiger partial charge in [0, 0.05) is 17.6 Å². The molecule has 0 unspecified atom stereocenters. The number of aromatic nitrogens is 5. The highest BCUT2D eigenvalue weighted by Crippen LogP contribution is 2.27. The van der Waals surface area contributed by atoms with Crippen molar-refractivity contribution in [3.63, 3.8) is 0 Å². The molecule has 0 amide bonds. The van der Waals surface area contributed by atoms with Gasteiger partial charge < -0.3 is 4.57 Å². The third kappa shape index (κ3) is 3.30. The normalized spacial score (nSPS) is 10.7. The molecular formula is C13H9ClN6O2S. The summed E-state index contributed by atoms with van der Waals surface area (Å²) >= 11 is 7.05. The first kappa shape index (κ1) is 15.4. The van der Waals surface area contributed by atoms with Crippen molar-refractivity contribution in [3.05, 3.63) is 51.8 Å². The lowest BCUT2D eigenvalue weighted by Gasteiger charge is -2.03. The molecule has 0 N–H and O–H groups in total. The van der Waals surface area contributed by atoms with Crippen LogP contribution >= 0.6 is 23.4 Å². The zero-order valence-electron chi connectivity index (χ0n) is 11.8. The summed E-state index contributed by atoms with van der Waals surface area (Å²) in [5.74, 6) is 0.672. The van der Waals surface area contributed by atoms with Crippen LogP contribution in [0.1, 0.15) is 0 Å². The van der Waals surface area contributed by atoms with Gasteiger partial charge in [-0.05, 0) is 36.0 Å². The molecule has 2 heterocycles. The van der Waals surface area contributed by atoms with Gasteiger partial charge in [-0.3, -0.25) is 10.1 Å². The molecule has 0 aliphatic carbocycles. The summed E-state index contributed by atoms with van der Waals surface area (Å²) in [5, 5.41) is 20.4. The molecule has 0 aliphatic rings. The fourth-order valence-corrected chi connectivity index (χ4v) is 2.60. The molecule has 0 saturated carbocycles. The van der Waals surface area contributed by atoms with Crippen molar-refractivity contribution in [2.75, 3.05) is 0 Å². The SMILES string of the molecule is Cn1c(Sc2ncc([N+](=O)[O-])cn2)nnc1-c1ccc(Cl)cc1. The summed E-state index contributed by atoms with van der Waals surface area (Å²) < 4.78 is 1.79. The largest absolute Gasteiger partial charge is 0.305 e. The van der Waals surface area contributed by atoms with Crippen LogP contribution in [-0.4, -0.2) is 29.7 Å². The van der Waals surface area contributed by atoms with E-state index in [0.29, 0.717) is 21.2 Å². The molecule has 0 fully saturated rings. The van der Waals surface area contributed by atoms with Gasteiger partial charge in [-0.2, -0.15) is 0 Å². The van der Waals surface area contributed by atoms with Gasteiger partial charge >= 0.3 is 5.69 Å². The van der Waals surface area contributed by atoms with Crippen LogP contribution in [-0.2, 0) is 7.05 Å². The Bertz CT molecular complexity index is 850. The van der Waals surface area contributed by atoms with Gasteiger partial charge in [0.15, 0.2) is 16.1 Å². The molecule has 10 heteroatoms. The van der Waals surface area contributed by atoms with Crippen molar-refractivity contribution in [1.29, 1.82) is 0 Å². The van der Waals surface area contributed by atoms with Gasteiger partial charge in [-0.1, -0.05) is 11.6 Å². The summed E-state index contributed by atoms with van der Waals surface area (Å²) in [6.07, 6.45) is 2.32. The van der Waals surface area contributed by atoms with Crippen molar-refractivity contribution < 1.29 is 4.92 Å². The van der Waals surface area contributed by atoms with E-state index in [0.717, 1.165) is 18.0 Å². The predicted molar refractivity (Wildman–Crippen MR) is 84.3 cm³/mol. The highest BCUT2D eigenvalue weighted by molar-refractivity contribution is 7.99. The van der Waals surface area contributed by atoms with Crippen LogP contribution in [0.15, 0.2) is 47.0 Å². The Morgan fingerprint density at radius 2 is 1.83 bits per heavy atom. The second kappa shape index (κ2) is 6.31. The van der Waals surface area contributed by atoms with Crippen LogP contribution in [0.2, 0.25) is 5.02 Å². The molecule has 3 aromatic rings. The maximum absolute atomic E-state index is 10.6. The Balaban J connectivity index is 1.84. The maximum atomic E-state index is 10.6. The minimum absolute atomic E-state index is 0.158. The van der Waals surface area contributed by atoms with Gasteiger partial charge in [0.25, 0.3) is 0 Å². The van der Waals surface area contributed by atoms with Gasteiger partial charge in [0.1, 0.15) is 12.4 Å². The van der Waals surface area contributed by atoms with Gasteiger partial charge in [-0.25, -0.2) is 9.97 Å². The Morgan fingerprint density at radius 3 is 2.43 bits per heavy atom. The molecule has 0 aliphatic heterocycles. The van der Waals surface area contributed by atoms with E-state index < -0.39 is 4.92 Å². The number of benzene rings is 1. The lowest BCUT2D eigenvalue weighted by Crippen LogP contribution is -1.96. The van der Waals surface area contributed by atoms with Crippen molar-refractivity contribution in [2.24, 2.45) is 7.05 Å². The van der Waals surface area contributed by atoms with Crippen LogP contribution < -0.4 is 0 Å². The topological polar surface area (TPSA) is 99.6 Å². The lowest BCUT2D eigenvalue weighted by atomic mass is 10.2. The molecule has 0 saturated heterocycles. The first-order valence-electron chi connectivity index (χ1n) is 6.34. The number of rotatable bonds is 4. The molecule has 1 aromatic carbocycles. The quantitative estimate of drug-likeness (QED) is 0.406. The van der Waals surface area contributed by atoms with Gasteiger partial charge in [0.05, 0.1) is 4.92 Å². The van der Waals surface area contributed by atoms with Crippen molar-refractivity contribution in [1.82, 2.24) is 24.7 Å². The Labute approximate surface area is 139 Å². The molecule has 0 spiro atoms. The highest BCUT2D eigenvalue weighted by Gasteiger charge is 2.14. The Morgan fingerprint density at radius 1 is 1.17 bits per heavy atom. The summed E-state index contributed by atoms with van der Waals surface area (Å²) in [4.78, 5) is 17.9. The molecule has 0 radical (unpaired) electrons. The number of hydrogen-bond donors (Lipinski definition) is 0. The fourth-order valence-electron chi connectivity index (χ4n) is 1.79. The molecule has 2 aromatic heterocycles. The number of hydrogen-bond acceptors (Lipinski definition) is 7. The van der Waals surface area contributed by atoms with E-state index in [1.807, 2.05) is 19.2 Å². The summed E-state index contributed by atoms with van der Waals surface area (Å²) in [7, 11) is 1.82. The third-order valence-corrected chi connectivity index (χ3v) is 4.13. The minimum atomic E-state index is -0.546. The van der Waals surface area contributed by atoms with E-state index in [1.54, 1.807) is 16.7 Å². The predicted octanol–water partition coefficient (Wildman–Crippen LogP) is 2.98. The van der Waals surface area contributed by atoms with E-state index >= 15 is 0 Å². The molecule has 23 heavy (non-hydrogen) atoms. The van der Waals surface area contributed by atoms with E-state index in [9.17, 15) is 10.1 Å². The molecular weight excluding hydrogens is 340 g/mol. The summed E-state index contributed by atoms with van der Waals surface area (Å²) in [5.41, 5.74) is 0.718. The van der Waals surface area contributed by atoms with Crippen molar-refractivity contribution >= 4 is 29.1 Å². The van der Waals surface area contributed by atoms with Crippen molar-refractivity contribution in [2.45, 2.75) is 10.3 Å². The first-order valence-corrected chi connectivity index (χ1v) is 7.53. The Kier molecular flexibility index (Phi) is 4.22. The zero-order valence-corrected chi connectivity index (χ0v) is 13.3. The average molecular weight is 349 g/mol. The third-order valence-electron chi connectivity index (χ3n) is 2.95. The fraction of sp³-hybridized carbons (Fsp3) is 0.0769. The monoisotopic (exact) mass is 348 g/mol. The van der Waals surface area contributed by atoms with E-state index in [2.05, 4.69) is 20.2 Å². The lowest BCUT2D eigenvalue weighted by molar-refractivity contribution is -0.385. The second-order valence-electron chi connectivity index (χ2n) is 4.46. The van der Waals surface area contributed by atoms with Crippen LogP contribution in [0.5, 0.6) is 0 Å². The van der Waals surface area contributed by atoms with Crippen LogP contribution in [0.25, 0.3) is 11.4 Å². The van der Waals surface area contributed by atoms with Crippen LogP contribution in [0.3, 0.4) is 0 Å².